The number of hydrogen-bond acceptors (Lipinski definition) is 7. The number of hydrogen-bond donors (Lipinski definition) is 1. The monoisotopic (exact) mass is 499 g/mol. The summed E-state index contributed by atoms with van der Waals surface area (Å²) in [5, 5.41) is 11.9. The first-order valence-corrected chi connectivity index (χ1v) is 12.3. The molecule has 1 saturated heterocycles. The van der Waals surface area contributed by atoms with Crippen molar-refractivity contribution in [3.63, 3.8) is 0 Å². The van der Waals surface area contributed by atoms with Crippen molar-refractivity contribution in [2.75, 3.05) is 49.4 Å². The van der Waals surface area contributed by atoms with Crippen LogP contribution in [0.5, 0.6) is 5.75 Å². The number of halogens is 3. The van der Waals surface area contributed by atoms with E-state index in [9.17, 15) is 18.0 Å². The first-order valence-electron chi connectivity index (χ1n) is 11.3. The third kappa shape index (κ3) is 6.15. The number of nitrogens with zero attached hydrogens (tertiary/aromatic N) is 4. The van der Waals surface area contributed by atoms with E-state index in [1.165, 1.54) is 31.4 Å². The molecule has 8 nitrogen and oxygen atoms in total. The highest BCUT2D eigenvalue weighted by atomic mass is 32.2. The summed E-state index contributed by atoms with van der Waals surface area (Å²) in [5.74, 6) is 0.526. The highest BCUT2D eigenvalue weighted by molar-refractivity contribution is 7.99. The van der Waals surface area contributed by atoms with Gasteiger partial charge in [-0.05, 0) is 50.3 Å². The molecule has 0 atom stereocenters. The molecule has 0 unspecified atom stereocenters. The maximum atomic E-state index is 13.2. The number of rotatable bonds is 10. The van der Waals surface area contributed by atoms with Crippen LogP contribution in [-0.2, 0) is 15.7 Å². The number of benzene rings is 1. The minimum atomic E-state index is -4.54. The van der Waals surface area contributed by atoms with Gasteiger partial charge in [0.1, 0.15) is 12.4 Å². The van der Waals surface area contributed by atoms with Crippen LogP contribution >= 0.6 is 11.8 Å². The van der Waals surface area contributed by atoms with Gasteiger partial charge in [0, 0.05) is 26.2 Å². The molecular weight excluding hydrogens is 471 g/mol. The lowest BCUT2D eigenvalue weighted by Crippen LogP contribution is -2.32. The number of aromatic nitrogens is 3. The van der Waals surface area contributed by atoms with E-state index in [-0.39, 0.29) is 30.4 Å². The van der Waals surface area contributed by atoms with Crippen LogP contribution in [0.3, 0.4) is 0 Å². The van der Waals surface area contributed by atoms with Crippen molar-refractivity contribution < 1.29 is 27.4 Å². The van der Waals surface area contributed by atoms with Crippen molar-refractivity contribution in [3.8, 4) is 5.75 Å². The Hall–Kier alpha value is -2.47. The van der Waals surface area contributed by atoms with Gasteiger partial charge in [-0.25, -0.2) is 0 Å². The molecule has 2 heterocycles. The quantitative estimate of drug-likeness (QED) is 0.384. The smallest absolute Gasteiger partial charge is 0.416 e. The number of carbonyl (C=O) groups excluding carboxylic acids is 1. The molecule has 1 aliphatic carbocycles. The summed E-state index contributed by atoms with van der Waals surface area (Å²) in [5.41, 5.74) is -0.900. The second-order valence-corrected chi connectivity index (χ2v) is 9.26. The number of piperidine rings is 1. The van der Waals surface area contributed by atoms with E-state index in [1.807, 2.05) is 0 Å². The summed E-state index contributed by atoms with van der Waals surface area (Å²) < 4.78 is 52.1. The van der Waals surface area contributed by atoms with Gasteiger partial charge in [-0.2, -0.15) is 13.2 Å². The van der Waals surface area contributed by atoms with E-state index in [0.29, 0.717) is 11.2 Å². The van der Waals surface area contributed by atoms with E-state index in [0.717, 1.165) is 56.9 Å². The SMILES string of the molecule is COCCOc1ccc(C(F)(F)F)cc1NC(=O)CSc1nnc(N2CCCCC2)n1C1CC1. The van der Waals surface area contributed by atoms with Gasteiger partial charge in [-0.15, -0.1) is 10.2 Å². The highest BCUT2D eigenvalue weighted by Gasteiger charge is 2.33. The predicted molar refractivity (Wildman–Crippen MR) is 123 cm³/mol. The van der Waals surface area contributed by atoms with Crippen molar-refractivity contribution in [1.82, 2.24) is 14.8 Å². The normalized spacial score (nSPS) is 16.5. The van der Waals surface area contributed by atoms with Crippen LogP contribution in [-0.4, -0.2) is 59.8 Å². The largest absolute Gasteiger partial charge is 0.489 e. The molecule has 1 saturated carbocycles. The third-order valence-corrected chi connectivity index (χ3v) is 6.60. The molecule has 1 N–H and O–H groups in total. The minimum Gasteiger partial charge on any atom is -0.489 e. The van der Waals surface area contributed by atoms with Gasteiger partial charge in [-0.3, -0.25) is 9.36 Å². The van der Waals surface area contributed by atoms with E-state index in [2.05, 4.69) is 25.0 Å². The molecule has 1 aliphatic heterocycles. The molecule has 1 aromatic heterocycles. The summed E-state index contributed by atoms with van der Waals surface area (Å²) in [6.45, 7) is 2.29. The Bertz CT molecular complexity index is 991. The maximum absolute atomic E-state index is 13.2. The number of nitrogens with one attached hydrogen (secondary N) is 1. The van der Waals surface area contributed by atoms with E-state index >= 15 is 0 Å². The van der Waals surface area contributed by atoms with Crippen LogP contribution in [0.4, 0.5) is 24.8 Å². The van der Waals surface area contributed by atoms with Crippen molar-refractivity contribution in [2.45, 2.75) is 49.5 Å². The number of methoxy groups -OCH3 is 1. The van der Waals surface area contributed by atoms with E-state index in [1.54, 1.807) is 0 Å². The molecule has 1 amide bonds. The fourth-order valence-corrected chi connectivity index (χ4v) is 4.61. The van der Waals surface area contributed by atoms with Crippen LogP contribution in [0.2, 0.25) is 0 Å². The first-order chi connectivity index (χ1) is 16.4. The molecule has 0 radical (unpaired) electrons. The molecule has 4 rings (SSSR count). The van der Waals surface area contributed by atoms with Crippen LogP contribution in [0, 0.1) is 0 Å². The Morgan fingerprint density at radius 2 is 1.94 bits per heavy atom. The van der Waals surface area contributed by atoms with Gasteiger partial charge in [0.2, 0.25) is 11.9 Å². The summed E-state index contributed by atoms with van der Waals surface area (Å²) in [4.78, 5) is 14.9. The highest BCUT2D eigenvalue weighted by Crippen LogP contribution is 2.41. The van der Waals surface area contributed by atoms with Gasteiger partial charge >= 0.3 is 6.18 Å². The molecule has 2 fully saturated rings. The van der Waals surface area contributed by atoms with Crippen molar-refractivity contribution in [1.29, 1.82) is 0 Å². The van der Waals surface area contributed by atoms with Crippen molar-refractivity contribution in [2.24, 2.45) is 0 Å². The Balaban J connectivity index is 1.44. The molecule has 0 bridgehead atoms. The lowest BCUT2D eigenvalue weighted by atomic mass is 10.1. The van der Waals surface area contributed by atoms with E-state index < -0.39 is 17.6 Å². The lowest BCUT2D eigenvalue weighted by Gasteiger charge is -2.27. The van der Waals surface area contributed by atoms with Crippen LogP contribution in [0.25, 0.3) is 0 Å². The third-order valence-electron chi connectivity index (χ3n) is 5.66. The summed E-state index contributed by atoms with van der Waals surface area (Å²) in [7, 11) is 1.49. The molecule has 0 spiro atoms. The van der Waals surface area contributed by atoms with Gasteiger partial charge in [0.05, 0.1) is 23.6 Å². The van der Waals surface area contributed by atoms with Crippen molar-refractivity contribution in [3.05, 3.63) is 23.8 Å². The van der Waals surface area contributed by atoms with Crippen molar-refractivity contribution >= 4 is 29.3 Å². The zero-order valence-corrected chi connectivity index (χ0v) is 19.8. The number of alkyl halides is 3. The fraction of sp³-hybridized carbons (Fsp3) is 0.591. The van der Waals surface area contributed by atoms with Gasteiger partial charge in [-0.1, -0.05) is 11.8 Å². The molecule has 34 heavy (non-hydrogen) atoms. The average molecular weight is 500 g/mol. The standard InChI is InChI=1S/C22H28F3N5O3S/c1-32-11-12-33-18-8-5-15(22(23,24)25)13-17(18)26-19(31)14-34-21-28-27-20(30(21)16-6-7-16)29-9-3-2-4-10-29/h5,8,13,16H,2-4,6-7,9-12,14H2,1H3,(H,26,31). The number of anilines is 2. The Morgan fingerprint density at radius 1 is 1.18 bits per heavy atom. The fourth-order valence-electron chi connectivity index (χ4n) is 3.81. The zero-order valence-electron chi connectivity index (χ0n) is 18.9. The number of thioether (sulfide) groups is 1. The second kappa shape index (κ2) is 10.9. The molecular formula is C22H28F3N5O3S. The molecule has 12 heteroatoms. The van der Waals surface area contributed by atoms with Gasteiger partial charge < -0.3 is 19.7 Å². The average Bonchev–Trinajstić information content (AvgIpc) is 3.57. The molecule has 2 aromatic rings. The Labute approximate surface area is 200 Å². The van der Waals surface area contributed by atoms with Crippen LogP contribution < -0.4 is 15.0 Å². The first kappa shape index (κ1) is 24.6. The predicted octanol–water partition coefficient (Wildman–Crippen LogP) is 4.38. The number of carbonyl (C=O) groups is 1. The van der Waals surface area contributed by atoms with Crippen LogP contribution in [0.1, 0.15) is 43.7 Å². The topological polar surface area (TPSA) is 81.5 Å². The number of ether oxygens (including phenoxy) is 2. The lowest BCUT2D eigenvalue weighted by molar-refractivity contribution is -0.137. The summed E-state index contributed by atoms with van der Waals surface area (Å²) in [6.07, 6.45) is 1.01. The Kier molecular flexibility index (Phi) is 7.87. The second-order valence-electron chi connectivity index (χ2n) is 8.32. The Morgan fingerprint density at radius 3 is 2.62 bits per heavy atom. The molecule has 1 aromatic carbocycles. The minimum absolute atomic E-state index is 0.0153. The molecule has 2 aliphatic rings. The van der Waals surface area contributed by atoms with Gasteiger partial charge in [0.15, 0.2) is 5.16 Å². The van der Waals surface area contributed by atoms with Crippen LogP contribution in [0.15, 0.2) is 23.4 Å². The zero-order chi connectivity index (χ0) is 24.1. The molecule has 186 valence electrons. The van der Waals surface area contributed by atoms with E-state index in [4.69, 9.17) is 9.47 Å². The summed E-state index contributed by atoms with van der Waals surface area (Å²) in [6, 6.07) is 3.34. The summed E-state index contributed by atoms with van der Waals surface area (Å²) >= 11 is 1.23. The maximum Gasteiger partial charge on any atom is 0.416 e. The van der Waals surface area contributed by atoms with Gasteiger partial charge in [0.25, 0.3) is 0 Å². The number of amides is 1.